The van der Waals surface area contributed by atoms with Gasteiger partial charge in [0.05, 0.1) is 0 Å². The Balaban J connectivity index is -0.000000159. The molecule has 0 spiro atoms. The van der Waals surface area contributed by atoms with E-state index in [2.05, 4.69) is 0 Å². The summed E-state index contributed by atoms with van der Waals surface area (Å²) >= 11 is 0. The molecule has 3 heteroatoms. The molecule has 32 heavy (non-hydrogen) atoms. The summed E-state index contributed by atoms with van der Waals surface area (Å²) in [5, 5.41) is 26.4. The van der Waals surface area contributed by atoms with Crippen molar-refractivity contribution in [1.29, 1.82) is 0 Å². The van der Waals surface area contributed by atoms with E-state index in [9.17, 15) is 0 Å². The lowest BCUT2D eigenvalue weighted by Crippen LogP contribution is -1.66. The smallest absolute Gasteiger partial charge is 0.115 e. The van der Waals surface area contributed by atoms with Crippen LogP contribution in [0.5, 0.6) is 17.2 Å². The van der Waals surface area contributed by atoms with Crippen LogP contribution in [-0.2, 0) is 0 Å². The second kappa shape index (κ2) is 28.1. The third kappa shape index (κ3) is 25.1. The van der Waals surface area contributed by atoms with Gasteiger partial charge in [-0.15, -0.1) is 0 Å². The van der Waals surface area contributed by atoms with E-state index in [4.69, 9.17) is 15.3 Å². The van der Waals surface area contributed by atoms with Crippen molar-refractivity contribution in [3.63, 3.8) is 0 Å². The topological polar surface area (TPSA) is 60.7 Å². The Bertz CT molecular complexity index is 597. The predicted molar refractivity (Wildman–Crippen MR) is 144 cm³/mol. The zero-order valence-corrected chi connectivity index (χ0v) is 22.3. The van der Waals surface area contributed by atoms with E-state index in [1.54, 1.807) is 36.4 Å². The number of aryl methyl sites for hydroxylation is 3. The molecule has 0 saturated heterocycles. The summed E-state index contributed by atoms with van der Waals surface area (Å²) < 4.78 is 0. The molecule has 0 saturated carbocycles. The van der Waals surface area contributed by atoms with Crippen LogP contribution in [0.3, 0.4) is 0 Å². The summed E-state index contributed by atoms with van der Waals surface area (Å²) in [5.74, 6) is 1.01. The van der Waals surface area contributed by atoms with Crippen molar-refractivity contribution in [1.82, 2.24) is 0 Å². The van der Waals surface area contributed by atoms with Crippen LogP contribution in [0.25, 0.3) is 0 Å². The fourth-order valence-electron chi connectivity index (χ4n) is 1.88. The highest BCUT2D eigenvalue weighted by molar-refractivity contribution is 5.26. The van der Waals surface area contributed by atoms with E-state index in [1.807, 2.05) is 113 Å². The van der Waals surface area contributed by atoms with Crippen LogP contribution in [0, 0.1) is 20.8 Å². The summed E-state index contributed by atoms with van der Waals surface area (Å²) in [5.41, 5.74) is 3.26. The minimum Gasteiger partial charge on any atom is -0.508 e. The van der Waals surface area contributed by atoms with Gasteiger partial charge in [0, 0.05) is 0 Å². The highest BCUT2D eigenvalue weighted by atomic mass is 16.3. The third-order valence-corrected chi connectivity index (χ3v) is 3.00. The number of benzene rings is 3. The summed E-state index contributed by atoms with van der Waals surface area (Å²) in [6.45, 7) is 21.8. The summed E-state index contributed by atoms with van der Waals surface area (Å²) in [6.07, 6.45) is 0. The Hall–Kier alpha value is -2.94. The number of rotatable bonds is 0. The molecule has 0 heterocycles. The molecule has 0 atom stereocenters. The molecule has 0 amide bonds. The van der Waals surface area contributed by atoms with E-state index < -0.39 is 0 Å². The Morgan fingerprint density at radius 1 is 0.375 bits per heavy atom. The van der Waals surface area contributed by atoms with Gasteiger partial charge in [-0.1, -0.05) is 91.8 Å². The first kappa shape index (κ1) is 36.4. The zero-order valence-electron chi connectivity index (χ0n) is 22.3. The molecule has 0 aromatic heterocycles. The summed E-state index contributed by atoms with van der Waals surface area (Å²) in [7, 11) is 0. The highest BCUT2D eigenvalue weighted by Gasteiger charge is 1.84. The van der Waals surface area contributed by atoms with Crippen LogP contribution in [0.4, 0.5) is 0 Å². The second-order valence-corrected chi connectivity index (χ2v) is 5.52. The molecule has 0 radical (unpaired) electrons. The van der Waals surface area contributed by atoms with Gasteiger partial charge in [-0.3, -0.25) is 0 Å². The molecule has 0 fully saturated rings. The predicted octanol–water partition coefficient (Wildman–Crippen LogP) is 9.21. The maximum atomic E-state index is 8.81. The SMILES string of the molecule is CC.CC.CC.CC.Cc1cccc(O)c1.Cc1cccc(O)c1.Cc1cccc(O)c1. The highest BCUT2D eigenvalue weighted by Crippen LogP contribution is 2.09. The minimum atomic E-state index is 0.338. The molecule has 3 aromatic carbocycles. The van der Waals surface area contributed by atoms with Crippen LogP contribution in [-0.4, -0.2) is 15.3 Å². The molecular formula is C29H48O3. The molecule has 3 nitrogen and oxygen atoms in total. The number of aromatic hydroxyl groups is 3. The summed E-state index contributed by atoms with van der Waals surface area (Å²) in [6, 6.07) is 21.5. The Kier molecular flexibility index (Phi) is 31.9. The quantitative estimate of drug-likeness (QED) is 0.324. The standard InChI is InChI=1S/3C7H8O.4C2H6/c3*1-6-3-2-4-7(8)5-6;4*1-2/h3*2-5,8H,1H3;4*1-2H3. The molecule has 3 aromatic rings. The molecule has 0 unspecified atom stereocenters. The van der Waals surface area contributed by atoms with Crippen LogP contribution in [0.2, 0.25) is 0 Å². The number of hydrogen-bond donors (Lipinski definition) is 3. The van der Waals surface area contributed by atoms with Gasteiger partial charge in [0.15, 0.2) is 0 Å². The van der Waals surface area contributed by atoms with E-state index >= 15 is 0 Å². The van der Waals surface area contributed by atoms with E-state index in [0.717, 1.165) is 16.7 Å². The lowest BCUT2D eigenvalue weighted by Gasteiger charge is -1.89. The molecule has 3 N–H and O–H groups in total. The fourth-order valence-corrected chi connectivity index (χ4v) is 1.88. The van der Waals surface area contributed by atoms with Gasteiger partial charge in [0.25, 0.3) is 0 Å². The minimum absolute atomic E-state index is 0.338. The normalized spacial score (nSPS) is 7.59. The Labute approximate surface area is 198 Å². The average molecular weight is 445 g/mol. The van der Waals surface area contributed by atoms with Crippen molar-refractivity contribution in [2.45, 2.75) is 76.2 Å². The van der Waals surface area contributed by atoms with Gasteiger partial charge in [-0.25, -0.2) is 0 Å². The van der Waals surface area contributed by atoms with Crippen LogP contribution in [0.1, 0.15) is 72.1 Å². The van der Waals surface area contributed by atoms with Crippen molar-refractivity contribution >= 4 is 0 Å². The molecule has 182 valence electrons. The largest absolute Gasteiger partial charge is 0.508 e. The molecule has 0 bridgehead atoms. The van der Waals surface area contributed by atoms with Gasteiger partial charge in [0.1, 0.15) is 17.2 Å². The maximum Gasteiger partial charge on any atom is 0.115 e. The van der Waals surface area contributed by atoms with Crippen molar-refractivity contribution in [2.75, 3.05) is 0 Å². The molecule has 0 aliphatic heterocycles. The van der Waals surface area contributed by atoms with Gasteiger partial charge in [-0.2, -0.15) is 0 Å². The van der Waals surface area contributed by atoms with Crippen molar-refractivity contribution in [3.05, 3.63) is 89.5 Å². The number of phenols is 3. The lowest BCUT2D eigenvalue weighted by molar-refractivity contribution is 0.474. The van der Waals surface area contributed by atoms with E-state index in [0.29, 0.717) is 17.2 Å². The van der Waals surface area contributed by atoms with Crippen LogP contribution < -0.4 is 0 Å². The van der Waals surface area contributed by atoms with Crippen molar-refractivity contribution < 1.29 is 15.3 Å². The van der Waals surface area contributed by atoms with Crippen LogP contribution in [0.15, 0.2) is 72.8 Å². The zero-order chi connectivity index (χ0) is 25.9. The van der Waals surface area contributed by atoms with E-state index in [-0.39, 0.29) is 0 Å². The van der Waals surface area contributed by atoms with Crippen molar-refractivity contribution in [3.8, 4) is 17.2 Å². The van der Waals surface area contributed by atoms with Crippen molar-refractivity contribution in [2.24, 2.45) is 0 Å². The maximum absolute atomic E-state index is 8.81. The van der Waals surface area contributed by atoms with Gasteiger partial charge >= 0.3 is 0 Å². The average Bonchev–Trinajstić information content (AvgIpc) is 2.80. The van der Waals surface area contributed by atoms with Crippen LogP contribution >= 0.6 is 0 Å². The molecular weight excluding hydrogens is 396 g/mol. The van der Waals surface area contributed by atoms with Gasteiger partial charge in [0.2, 0.25) is 0 Å². The Morgan fingerprint density at radius 2 is 0.562 bits per heavy atom. The van der Waals surface area contributed by atoms with Gasteiger partial charge < -0.3 is 15.3 Å². The number of phenolic OH excluding ortho intramolecular Hbond substituents is 3. The molecule has 3 rings (SSSR count). The first-order valence-corrected chi connectivity index (χ1v) is 11.6. The fraction of sp³-hybridized carbons (Fsp3) is 0.379. The monoisotopic (exact) mass is 444 g/mol. The lowest BCUT2D eigenvalue weighted by atomic mass is 10.2. The third-order valence-electron chi connectivity index (χ3n) is 3.00. The molecule has 0 aliphatic rings. The second-order valence-electron chi connectivity index (χ2n) is 5.52. The first-order valence-electron chi connectivity index (χ1n) is 11.6. The first-order chi connectivity index (χ1) is 15.4. The van der Waals surface area contributed by atoms with E-state index in [1.165, 1.54) is 0 Å². The Morgan fingerprint density at radius 3 is 0.656 bits per heavy atom. The molecule has 0 aliphatic carbocycles. The van der Waals surface area contributed by atoms with Gasteiger partial charge in [-0.05, 0) is 73.9 Å². The number of hydrogen-bond acceptors (Lipinski definition) is 3. The summed E-state index contributed by atoms with van der Waals surface area (Å²) in [4.78, 5) is 0.